The maximum Gasteiger partial charge on any atom is 0.325 e. The summed E-state index contributed by atoms with van der Waals surface area (Å²) in [5.41, 5.74) is 1.85. The minimum absolute atomic E-state index is 0.00403. The Morgan fingerprint density at radius 3 is 2.74 bits per heavy atom. The number of ether oxygens (including phenoxy) is 1. The van der Waals surface area contributed by atoms with Crippen LogP contribution < -0.4 is 14.5 Å². The lowest BCUT2D eigenvalue weighted by molar-refractivity contribution is 0.190. The number of anilines is 2. The van der Waals surface area contributed by atoms with E-state index in [1.165, 1.54) is 0 Å². The number of rotatable bonds is 1. The van der Waals surface area contributed by atoms with E-state index in [1.54, 1.807) is 18.3 Å². The van der Waals surface area contributed by atoms with Gasteiger partial charge in [-0.25, -0.2) is 4.79 Å². The van der Waals surface area contributed by atoms with Crippen molar-refractivity contribution in [2.75, 3.05) is 42.6 Å². The van der Waals surface area contributed by atoms with Gasteiger partial charge in [0.1, 0.15) is 12.4 Å². The molecule has 8 heteroatoms. The van der Waals surface area contributed by atoms with Crippen molar-refractivity contribution in [2.24, 2.45) is 0 Å². The smallest absolute Gasteiger partial charge is 0.325 e. The van der Waals surface area contributed by atoms with Gasteiger partial charge in [0.05, 0.1) is 17.9 Å². The highest BCUT2D eigenvalue weighted by atomic mass is 35.5. The Hall–Kier alpha value is -2.54. The minimum atomic E-state index is -0.0353. The van der Waals surface area contributed by atoms with Crippen molar-refractivity contribution >= 4 is 29.1 Å². The van der Waals surface area contributed by atoms with Crippen LogP contribution in [0.2, 0.25) is 5.02 Å². The lowest BCUT2D eigenvalue weighted by Gasteiger charge is -2.41. The number of benzene rings is 1. The number of halogens is 1. The quantitative estimate of drug-likeness (QED) is 0.752. The Labute approximate surface area is 163 Å². The molecule has 2 aliphatic heterocycles. The molecule has 1 unspecified atom stereocenters. The molecule has 1 aromatic heterocycles. The summed E-state index contributed by atoms with van der Waals surface area (Å²) >= 11 is 6.06. The number of piperazine rings is 1. The Bertz CT molecular complexity index is 854. The molecule has 1 saturated heterocycles. The van der Waals surface area contributed by atoms with E-state index in [0.717, 1.165) is 30.2 Å². The maximum absolute atomic E-state index is 13.2. The second-order valence-corrected chi connectivity index (χ2v) is 7.43. The third-order valence-electron chi connectivity index (χ3n) is 4.96. The molecule has 1 fully saturated rings. The van der Waals surface area contributed by atoms with Crippen molar-refractivity contribution in [1.82, 2.24) is 15.1 Å². The molecule has 0 bridgehead atoms. The minimum Gasteiger partial charge on any atom is -0.489 e. The molecular formula is C19H22ClN5O2. The number of aryl methyl sites for hydroxylation is 1. The normalized spacial score (nSPS) is 19.5. The Kier molecular flexibility index (Phi) is 4.78. The third-order valence-corrected chi connectivity index (χ3v) is 5.20. The summed E-state index contributed by atoms with van der Waals surface area (Å²) in [6.45, 7) is 7.20. The van der Waals surface area contributed by atoms with E-state index in [9.17, 15) is 4.79 Å². The molecule has 2 amide bonds. The summed E-state index contributed by atoms with van der Waals surface area (Å²) < 4.78 is 5.75. The second-order valence-electron chi connectivity index (χ2n) is 6.99. The van der Waals surface area contributed by atoms with Crippen LogP contribution in [0.25, 0.3) is 0 Å². The number of aromatic nitrogens is 2. The predicted molar refractivity (Wildman–Crippen MR) is 105 cm³/mol. The van der Waals surface area contributed by atoms with Crippen molar-refractivity contribution in [1.29, 1.82) is 0 Å². The molecule has 3 heterocycles. The summed E-state index contributed by atoms with van der Waals surface area (Å²) in [5, 5.41) is 8.83. The summed E-state index contributed by atoms with van der Waals surface area (Å²) in [5.74, 6) is 1.52. The molecule has 0 aliphatic carbocycles. The van der Waals surface area contributed by atoms with Gasteiger partial charge in [-0.3, -0.25) is 4.90 Å². The predicted octanol–water partition coefficient (Wildman–Crippen LogP) is 2.97. The van der Waals surface area contributed by atoms with Crippen molar-refractivity contribution in [3.8, 4) is 5.75 Å². The van der Waals surface area contributed by atoms with Crippen molar-refractivity contribution in [2.45, 2.75) is 19.9 Å². The van der Waals surface area contributed by atoms with Crippen LogP contribution in [0.3, 0.4) is 0 Å². The number of carbonyl (C=O) groups excluding carboxylic acids is 1. The van der Waals surface area contributed by atoms with E-state index in [2.05, 4.69) is 15.1 Å². The largest absolute Gasteiger partial charge is 0.489 e. The molecule has 1 atom stereocenters. The van der Waals surface area contributed by atoms with Gasteiger partial charge in [0, 0.05) is 37.3 Å². The van der Waals surface area contributed by atoms with Gasteiger partial charge in [0.15, 0.2) is 5.82 Å². The zero-order valence-corrected chi connectivity index (χ0v) is 16.2. The third kappa shape index (κ3) is 3.51. The van der Waals surface area contributed by atoms with Crippen LogP contribution in [-0.4, -0.2) is 60.0 Å². The maximum atomic E-state index is 13.2. The molecule has 0 radical (unpaired) electrons. The monoisotopic (exact) mass is 387 g/mol. The first-order valence-corrected chi connectivity index (χ1v) is 9.45. The number of hydrogen-bond donors (Lipinski definition) is 0. The molecule has 142 valence electrons. The molecule has 4 rings (SSSR count). The molecule has 0 saturated carbocycles. The Balaban J connectivity index is 1.48. The summed E-state index contributed by atoms with van der Waals surface area (Å²) in [7, 11) is 0. The van der Waals surface area contributed by atoms with Gasteiger partial charge >= 0.3 is 6.03 Å². The fourth-order valence-corrected chi connectivity index (χ4v) is 3.66. The van der Waals surface area contributed by atoms with Gasteiger partial charge < -0.3 is 14.5 Å². The Morgan fingerprint density at radius 2 is 2.00 bits per heavy atom. The van der Waals surface area contributed by atoms with Crippen molar-refractivity contribution in [3.63, 3.8) is 0 Å². The van der Waals surface area contributed by atoms with Crippen molar-refractivity contribution < 1.29 is 9.53 Å². The number of carbonyl (C=O) groups is 1. The van der Waals surface area contributed by atoms with Crippen LogP contribution in [0.5, 0.6) is 5.75 Å². The standard InChI is InChI=1S/C19H22ClN5O2/c1-13-9-18(22-21-11-13)23-5-7-24(8-6-23)19(26)25-14(2)12-27-17-10-15(20)3-4-16(17)25/h3-4,9-11,14H,5-8,12H2,1-2H3. The van der Waals surface area contributed by atoms with Crippen LogP contribution in [0.15, 0.2) is 30.5 Å². The van der Waals surface area contributed by atoms with Gasteiger partial charge in [-0.1, -0.05) is 11.6 Å². The molecular weight excluding hydrogens is 366 g/mol. The van der Waals surface area contributed by atoms with E-state index in [1.807, 2.05) is 35.8 Å². The molecule has 0 N–H and O–H groups in total. The van der Waals surface area contributed by atoms with E-state index in [-0.39, 0.29) is 12.1 Å². The number of amides is 2. The van der Waals surface area contributed by atoms with E-state index >= 15 is 0 Å². The second kappa shape index (κ2) is 7.23. The average Bonchev–Trinajstić information content (AvgIpc) is 2.68. The van der Waals surface area contributed by atoms with Gasteiger partial charge in [0.2, 0.25) is 0 Å². The van der Waals surface area contributed by atoms with Crippen LogP contribution in [-0.2, 0) is 0 Å². The molecule has 2 aliphatic rings. The van der Waals surface area contributed by atoms with Crippen molar-refractivity contribution in [3.05, 3.63) is 41.0 Å². The van der Waals surface area contributed by atoms with Crippen LogP contribution in [0, 0.1) is 6.92 Å². The molecule has 27 heavy (non-hydrogen) atoms. The highest BCUT2D eigenvalue weighted by Gasteiger charge is 2.34. The molecule has 2 aromatic rings. The molecule has 0 spiro atoms. The lowest BCUT2D eigenvalue weighted by atomic mass is 10.1. The van der Waals surface area contributed by atoms with Gasteiger partial charge in [-0.05, 0) is 37.6 Å². The topological polar surface area (TPSA) is 61.8 Å². The number of urea groups is 1. The van der Waals surface area contributed by atoms with E-state index in [4.69, 9.17) is 16.3 Å². The van der Waals surface area contributed by atoms with Gasteiger partial charge in [-0.2, -0.15) is 5.10 Å². The first kappa shape index (κ1) is 17.9. The Morgan fingerprint density at radius 1 is 1.22 bits per heavy atom. The van der Waals surface area contributed by atoms with Crippen LogP contribution in [0.4, 0.5) is 16.3 Å². The molecule has 7 nitrogen and oxygen atoms in total. The zero-order chi connectivity index (χ0) is 19.0. The number of nitrogens with zero attached hydrogens (tertiary/aromatic N) is 5. The highest BCUT2D eigenvalue weighted by Crippen LogP contribution is 2.36. The van der Waals surface area contributed by atoms with Crippen LogP contribution >= 0.6 is 11.6 Å². The first-order chi connectivity index (χ1) is 13.0. The fourth-order valence-electron chi connectivity index (χ4n) is 3.50. The van der Waals surface area contributed by atoms with E-state index in [0.29, 0.717) is 30.5 Å². The lowest BCUT2D eigenvalue weighted by Crippen LogP contribution is -2.56. The summed E-state index contributed by atoms with van der Waals surface area (Å²) in [6.07, 6.45) is 1.74. The number of fused-ring (bicyclic) bond motifs is 1. The zero-order valence-electron chi connectivity index (χ0n) is 15.4. The summed E-state index contributed by atoms with van der Waals surface area (Å²) in [4.78, 5) is 19.1. The van der Waals surface area contributed by atoms with Crippen LogP contribution in [0.1, 0.15) is 12.5 Å². The van der Waals surface area contributed by atoms with E-state index < -0.39 is 0 Å². The molecule has 1 aromatic carbocycles. The SMILES string of the molecule is Cc1cnnc(N2CCN(C(=O)N3c4ccc(Cl)cc4OCC3C)CC2)c1. The van der Waals surface area contributed by atoms with Gasteiger partial charge in [0.25, 0.3) is 0 Å². The average molecular weight is 388 g/mol. The highest BCUT2D eigenvalue weighted by molar-refractivity contribution is 6.30. The number of hydrogen-bond acceptors (Lipinski definition) is 5. The van der Waals surface area contributed by atoms with Gasteiger partial charge in [-0.15, -0.1) is 5.10 Å². The fraction of sp³-hybridized carbons (Fsp3) is 0.421. The summed E-state index contributed by atoms with van der Waals surface area (Å²) in [6, 6.07) is 7.39. The first-order valence-electron chi connectivity index (χ1n) is 9.07.